The third-order valence-corrected chi connectivity index (χ3v) is 6.21. The first kappa shape index (κ1) is 20.1. The summed E-state index contributed by atoms with van der Waals surface area (Å²) < 4.78 is 0.996. The van der Waals surface area contributed by atoms with Crippen molar-refractivity contribution in [1.82, 2.24) is 9.88 Å². The Bertz CT molecular complexity index is 954. The Morgan fingerprint density at radius 1 is 1.19 bits per heavy atom. The first-order valence-electron chi connectivity index (χ1n) is 8.56. The Morgan fingerprint density at radius 3 is 2.52 bits per heavy atom. The zero-order chi connectivity index (χ0) is 19.6. The zero-order valence-electron chi connectivity index (χ0n) is 15.8. The fourth-order valence-corrected chi connectivity index (χ4v) is 4.58. The molecule has 0 aliphatic heterocycles. The molecule has 3 rings (SSSR count). The highest BCUT2D eigenvalue weighted by Crippen LogP contribution is 2.33. The van der Waals surface area contributed by atoms with E-state index in [2.05, 4.69) is 4.90 Å². The van der Waals surface area contributed by atoms with Crippen molar-refractivity contribution < 1.29 is 4.79 Å². The van der Waals surface area contributed by atoms with Crippen LogP contribution in [-0.4, -0.2) is 49.2 Å². The summed E-state index contributed by atoms with van der Waals surface area (Å²) in [7, 11) is 4.00. The van der Waals surface area contributed by atoms with E-state index in [1.807, 2.05) is 63.7 Å². The second kappa shape index (κ2) is 8.61. The van der Waals surface area contributed by atoms with Crippen LogP contribution in [0.5, 0.6) is 0 Å². The van der Waals surface area contributed by atoms with Crippen molar-refractivity contribution in [2.24, 2.45) is 0 Å². The van der Waals surface area contributed by atoms with Crippen molar-refractivity contribution in [2.45, 2.75) is 11.8 Å². The topological polar surface area (TPSA) is 36.4 Å². The summed E-state index contributed by atoms with van der Waals surface area (Å²) in [5.41, 5.74) is 2.59. The van der Waals surface area contributed by atoms with Crippen LogP contribution in [0.1, 0.15) is 15.9 Å². The molecule has 0 fully saturated rings. The van der Waals surface area contributed by atoms with Crippen LogP contribution in [0.2, 0.25) is 5.02 Å². The van der Waals surface area contributed by atoms with E-state index in [0.717, 1.165) is 27.2 Å². The average Bonchev–Trinajstić information content (AvgIpc) is 3.05. The highest BCUT2D eigenvalue weighted by atomic mass is 35.5. The van der Waals surface area contributed by atoms with Crippen LogP contribution in [-0.2, 0) is 0 Å². The van der Waals surface area contributed by atoms with Gasteiger partial charge in [-0.15, -0.1) is 11.8 Å². The van der Waals surface area contributed by atoms with E-state index < -0.39 is 0 Å². The molecule has 2 aromatic carbocycles. The molecule has 0 bridgehead atoms. The largest absolute Gasteiger partial charge is 0.308 e. The number of likely N-dealkylation sites (N-methyl/N-ethyl adjacent to an activating group) is 1. The fraction of sp³-hybridized carbons (Fsp3) is 0.300. The number of aromatic nitrogens is 1. The third kappa shape index (κ3) is 4.63. The minimum absolute atomic E-state index is 0.0349. The lowest BCUT2D eigenvalue weighted by atomic mass is 10.2. The predicted molar refractivity (Wildman–Crippen MR) is 118 cm³/mol. The molecule has 7 heteroatoms. The van der Waals surface area contributed by atoms with E-state index >= 15 is 0 Å². The van der Waals surface area contributed by atoms with Gasteiger partial charge in [-0.05, 0) is 69.2 Å². The van der Waals surface area contributed by atoms with E-state index in [1.54, 1.807) is 16.7 Å². The number of carbonyl (C=O) groups excluding carboxylic acids is 1. The van der Waals surface area contributed by atoms with Crippen molar-refractivity contribution in [3.05, 3.63) is 52.5 Å². The van der Waals surface area contributed by atoms with Crippen molar-refractivity contribution >= 4 is 56.0 Å². The van der Waals surface area contributed by atoms with Crippen molar-refractivity contribution in [1.29, 1.82) is 0 Å². The zero-order valence-corrected chi connectivity index (χ0v) is 18.2. The first-order valence-corrected chi connectivity index (χ1v) is 11.0. The molecule has 0 unspecified atom stereocenters. The molecule has 0 spiro atoms. The fourth-order valence-electron chi connectivity index (χ4n) is 2.73. The van der Waals surface area contributed by atoms with Crippen molar-refractivity contribution in [3.8, 4) is 0 Å². The molecule has 0 atom stereocenters. The van der Waals surface area contributed by atoms with Crippen molar-refractivity contribution in [2.75, 3.05) is 38.3 Å². The van der Waals surface area contributed by atoms with Gasteiger partial charge in [0.2, 0.25) is 0 Å². The number of hydrogen-bond acceptors (Lipinski definition) is 5. The molecule has 0 saturated heterocycles. The quantitative estimate of drug-likeness (QED) is 0.515. The van der Waals surface area contributed by atoms with Gasteiger partial charge >= 0.3 is 0 Å². The molecule has 27 heavy (non-hydrogen) atoms. The number of rotatable bonds is 6. The van der Waals surface area contributed by atoms with Gasteiger partial charge in [0.1, 0.15) is 0 Å². The molecular weight excluding hydrogens is 398 g/mol. The highest BCUT2D eigenvalue weighted by Gasteiger charge is 2.22. The number of hydrogen-bond donors (Lipinski definition) is 0. The van der Waals surface area contributed by atoms with Gasteiger partial charge < -0.3 is 4.90 Å². The van der Waals surface area contributed by atoms with E-state index in [0.29, 0.717) is 22.3 Å². The van der Waals surface area contributed by atoms with Crippen LogP contribution in [0.25, 0.3) is 10.2 Å². The van der Waals surface area contributed by atoms with Crippen LogP contribution >= 0.6 is 34.7 Å². The number of benzene rings is 2. The molecule has 4 nitrogen and oxygen atoms in total. The minimum Gasteiger partial charge on any atom is -0.308 e. The van der Waals surface area contributed by atoms with Crippen LogP contribution in [0, 0.1) is 6.92 Å². The Morgan fingerprint density at radius 2 is 1.89 bits per heavy atom. The second-order valence-electron chi connectivity index (χ2n) is 6.55. The maximum Gasteiger partial charge on any atom is 0.260 e. The highest BCUT2D eigenvalue weighted by molar-refractivity contribution is 7.98. The summed E-state index contributed by atoms with van der Waals surface area (Å²) in [5.74, 6) is -0.0349. The number of fused-ring (bicyclic) bond motifs is 1. The standard InChI is InChI=1S/C20H22ClN3OS2/c1-13-11-15(21)12-17-18(13)22-20(27-17)24(10-9-23(2)3)19(25)14-5-7-16(26-4)8-6-14/h5-8,11-12H,9-10H2,1-4H3. The Balaban J connectivity index is 1.99. The molecule has 142 valence electrons. The van der Waals surface area contributed by atoms with Gasteiger partial charge in [0, 0.05) is 28.6 Å². The van der Waals surface area contributed by atoms with E-state index in [-0.39, 0.29) is 5.91 Å². The second-order valence-corrected chi connectivity index (χ2v) is 8.88. The monoisotopic (exact) mass is 419 g/mol. The number of thioether (sulfide) groups is 1. The summed E-state index contributed by atoms with van der Waals surface area (Å²) in [6.45, 7) is 3.32. The maximum atomic E-state index is 13.2. The van der Waals surface area contributed by atoms with Gasteiger partial charge in [-0.3, -0.25) is 9.69 Å². The van der Waals surface area contributed by atoms with Gasteiger partial charge in [-0.2, -0.15) is 0 Å². The first-order chi connectivity index (χ1) is 12.9. The summed E-state index contributed by atoms with van der Waals surface area (Å²) in [4.78, 5) is 22.9. The van der Waals surface area contributed by atoms with E-state index in [9.17, 15) is 4.79 Å². The van der Waals surface area contributed by atoms with Crippen LogP contribution < -0.4 is 4.90 Å². The molecule has 3 aromatic rings. The summed E-state index contributed by atoms with van der Waals surface area (Å²) >= 11 is 9.35. The molecule has 0 aliphatic rings. The lowest BCUT2D eigenvalue weighted by Gasteiger charge is -2.22. The van der Waals surface area contributed by atoms with Gasteiger partial charge in [0.15, 0.2) is 5.13 Å². The van der Waals surface area contributed by atoms with Gasteiger partial charge in [0.05, 0.1) is 10.2 Å². The molecule has 0 aliphatic carbocycles. The lowest BCUT2D eigenvalue weighted by Crippen LogP contribution is -2.36. The molecule has 0 N–H and O–H groups in total. The van der Waals surface area contributed by atoms with Crippen molar-refractivity contribution in [3.63, 3.8) is 0 Å². The molecular formula is C20H22ClN3OS2. The van der Waals surface area contributed by atoms with Crippen LogP contribution in [0.4, 0.5) is 5.13 Å². The molecule has 0 saturated carbocycles. The van der Waals surface area contributed by atoms with Gasteiger partial charge in [-0.1, -0.05) is 22.9 Å². The third-order valence-electron chi connectivity index (χ3n) is 4.22. The average molecular weight is 420 g/mol. The van der Waals surface area contributed by atoms with Gasteiger partial charge in [0.25, 0.3) is 5.91 Å². The Hall–Kier alpha value is -1.60. The predicted octanol–water partition coefficient (Wildman–Crippen LogP) is 5.19. The number of amides is 1. The number of halogens is 1. The SMILES string of the molecule is CSc1ccc(C(=O)N(CCN(C)C)c2nc3c(C)cc(Cl)cc3s2)cc1. The van der Waals surface area contributed by atoms with Crippen LogP contribution in [0.15, 0.2) is 41.3 Å². The Kier molecular flexibility index (Phi) is 6.42. The summed E-state index contributed by atoms with van der Waals surface area (Å²) in [6, 6.07) is 11.5. The number of anilines is 1. The van der Waals surface area contributed by atoms with Gasteiger partial charge in [-0.25, -0.2) is 4.98 Å². The number of carbonyl (C=O) groups is 1. The molecule has 0 radical (unpaired) electrons. The van der Waals surface area contributed by atoms with Crippen LogP contribution in [0.3, 0.4) is 0 Å². The van der Waals surface area contributed by atoms with E-state index in [1.165, 1.54) is 11.3 Å². The molecule has 1 amide bonds. The lowest BCUT2D eigenvalue weighted by molar-refractivity contribution is 0.0985. The minimum atomic E-state index is -0.0349. The normalized spacial score (nSPS) is 11.3. The molecule has 1 heterocycles. The number of thiazole rings is 1. The number of aryl methyl sites for hydroxylation is 1. The summed E-state index contributed by atoms with van der Waals surface area (Å²) in [5, 5.41) is 1.39. The molecule has 1 aromatic heterocycles. The maximum absolute atomic E-state index is 13.2. The smallest absolute Gasteiger partial charge is 0.260 e. The number of nitrogens with zero attached hydrogens (tertiary/aromatic N) is 3. The Labute approximate surface area is 173 Å². The summed E-state index contributed by atoms with van der Waals surface area (Å²) in [6.07, 6.45) is 2.02. The van der Waals surface area contributed by atoms with E-state index in [4.69, 9.17) is 16.6 Å².